The second-order valence-corrected chi connectivity index (χ2v) is 5.39. The van der Waals surface area contributed by atoms with Crippen molar-refractivity contribution in [3.8, 4) is 0 Å². The van der Waals surface area contributed by atoms with Gasteiger partial charge in [0.15, 0.2) is 5.16 Å². The summed E-state index contributed by atoms with van der Waals surface area (Å²) in [7, 11) is 0. The summed E-state index contributed by atoms with van der Waals surface area (Å²) < 4.78 is 0. The Kier molecular flexibility index (Phi) is 3.82. The monoisotopic (exact) mass is 256 g/mol. The summed E-state index contributed by atoms with van der Waals surface area (Å²) in [6.45, 7) is 10.1. The average Bonchev–Trinajstić information content (AvgIpc) is 2.28. The first-order chi connectivity index (χ1) is 8.54. The number of thioether (sulfide) groups is 1. The highest BCUT2D eigenvalue weighted by atomic mass is 32.2. The standard InChI is InChI=1S/C15H16N2S/c1-10-5-7-14(8-6-10)13(4)18-15-16-11(2)9-12(3)17-15/h5-9H,4H2,1-3H3. The van der Waals surface area contributed by atoms with Gasteiger partial charge in [0.1, 0.15) is 0 Å². The van der Waals surface area contributed by atoms with Crippen LogP contribution in [0.4, 0.5) is 0 Å². The summed E-state index contributed by atoms with van der Waals surface area (Å²) in [5, 5.41) is 0.762. The lowest BCUT2D eigenvalue weighted by molar-refractivity contribution is 0.905. The first-order valence-corrected chi connectivity index (χ1v) is 6.62. The fourth-order valence-corrected chi connectivity index (χ4v) is 2.50. The molecular formula is C15H16N2S. The van der Waals surface area contributed by atoms with Gasteiger partial charge in [0.25, 0.3) is 0 Å². The van der Waals surface area contributed by atoms with Crippen molar-refractivity contribution in [1.29, 1.82) is 0 Å². The third kappa shape index (κ3) is 3.20. The van der Waals surface area contributed by atoms with E-state index in [1.165, 1.54) is 17.3 Å². The molecule has 0 radical (unpaired) electrons. The maximum Gasteiger partial charge on any atom is 0.192 e. The minimum Gasteiger partial charge on any atom is -0.228 e. The molecule has 0 aliphatic carbocycles. The topological polar surface area (TPSA) is 25.8 Å². The summed E-state index contributed by atoms with van der Waals surface area (Å²) >= 11 is 1.51. The Balaban J connectivity index is 2.18. The van der Waals surface area contributed by atoms with E-state index < -0.39 is 0 Å². The van der Waals surface area contributed by atoms with Crippen molar-refractivity contribution in [2.75, 3.05) is 0 Å². The Morgan fingerprint density at radius 3 is 2.11 bits per heavy atom. The van der Waals surface area contributed by atoms with Gasteiger partial charge in [0.2, 0.25) is 0 Å². The van der Waals surface area contributed by atoms with Crippen LogP contribution in [-0.4, -0.2) is 9.97 Å². The fraction of sp³-hybridized carbons (Fsp3) is 0.200. The van der Waals surface area contributed by atoms with E-state index in [9.17, 15) is 0 Å². The minimum atomic E-state index is 0.762. The lowest BCUT2D eigenvalue weighted by Crippen LogP contribution is -1.92. The average molecular weight is 256 g/mol. The fourth-order valence-electron chi connectivity index (χ4n) is 1.65. The number of hydrogen-bond acceptors (Lipinski definition) is 3. The number of rotatable bonds is 3. The van der Waals surface area contributed by atoms with Crippen molar-refractivity contribution >= 4 is 16.7 Å². The van der Waals surface area contributed by atoms with Crippen LogP contribution in [0.15, 0.2) is 42.1 Å². The van der Waals surface area contributed by atoms with E-state index in [0.717, 1.165) is 27.0 Å². The lowest BCUT2D eigenvalue weighted by atomic mass is 10.1. The van der Waals surface area contributed by atoms with Crippen LogP contribution in [0, 0.1) is 20.8 Å². The van der Waals surface area contributed by atoms with Gasteiger partial charge in [-0.15, -0.1) is 0 Å². The maximum atomic E-state index is 4.41. The Morgan fingerprint density at radius 2 is 1.56 bits per heavy atom. The van der Waals surface area contributed by atoms with Crippen LogP contribution in [0.3, 0.4) is 0 Å². The van der Waals surface area contributed by atoms with Gasteiger partial charge in [-0.25, -0.2) is 9.97 Å². The van der Waals surface area contributed by atoms with Gasteiger partial charge >= 0.3 is 0 Å². The van der Waals surface area contributed by atoms with Crippen molar-refractivity contribution in [3.05, 3.63) is 59.4 Å². The molecule has 92 valence electrons. The molecule has 0 spiro atoms. The van der Waals surface area contributed by atoms with E-state index in [0.29, 0.717) is 0 Å². The lowest BCUT2D eigenvalue weighted by Gasteiger charge is -2.06. The van der Waals surface area contributed by atoms with E-state index in [-0.39, 0.29) is 0 Å². The zero-order valence-electron chi connectivity index (χ0n) is 10.9. The summed E-state index contributed by atoms with van der Waals surface area (Å²) in [5.41, 5.74) is 4.34. The number of aryl methyl sites for hydroxylation is 3. The number of aromatic nitrogens is 2. The van der Waals surface area contributed by atoms with Gasteiger partial charge in [-0.1, -0.05) is 36.4 Å². The molecule has 0 atom stereocenters. The van der Waals surface area contributed by atoms with Gasteiger partial charge in [-0.2, -0.15) is 0 Å². The molecule has 3 heteroatoms. The van der Waals surface area contributed by atoms with Gasteiger partial charge in [0, 0.05) is 16.3 Å². The van der Waals surface area contributed by atoms with E-state index in [2.05, 4.69) is 47.7 Å². The molecule has 2 aromatic rings. The molecule has 1 heterocycles. The second kappa shape index (κ2) is 5.36. The quantitative estimate of drug-likeness (QED) is 0.609. The Bertz CT molecular complexity index is 553. The van der Waals surface area contributed by atoms with Gasteiger partial charge in [-0.3, -0.25) is 0 Å². The van der Waals surface area contributed by atoms with Gasteiger partial charge in [-0.05, 0) is 44.2 Å². The predicted molar refractivity (Wildman–Crippen MR) is 77.6 cm³/mol. The van der Waals surface area contributed by atoms with Crippen molar-refractivity contribution in [3.63, 3.8) is 0 Å². The first-order valence-electron chi connectivity index (χ1n) is 5.80. The van der Waals surface area contributed by atoms with Crippen LogP contribution in [0.25, 0.3) is 4.91 Å². The van der Waals surface area contributed by atoms with Crippen molar-refractivity contribution < 1.29 is 0 Å². The number of nitrogens with zero attached hydrogens (tertiary/aromatic N) is 2. The number of benzene rings is 1. The summed E-state index contributed by atoms with van der Waals surface area (Å²) in [6, 6.07) is 10.3. The molecule has 0 saturated heterocycles. The molecule has 0 aliphatic heterocycles. The molecule has 0 bridgehead atoms. The van der Waals surface area contributed by atoms with Crippen LogP contribution in [-0.2, 0) is 0 Å². The van der Waals surface area contributed by atoms with Crippen molar-refractivity contribution in [2.45, 2.75) is 25.9 Å². The molecule has 2 nitrogen and oxygen atoms in total. The second-order valence-electron chi connectivity index (χ2n) is 4.32. The van der Waals surface area contributed by atoms with Crippen molar-refractivity contribution in [2.24, 2.45) is 0 Å². The highest BCUT2D eigenvalue weighted by Gasteiger charge is 2.05. The minimum absolute atomic E-state index is 0.762. The molecule has 0 unspecified atom stereocenters. The van der Waals surface area contributed by atoms with E-state index in [4.69, 9.17) is 0 Å². The zero-order valence-corrected chi connectivity index (χ0v) is 11.7. The first kappa shape index (κ1) is 12.8. The van der Waals surface area contributed by atoms with Crippen LogP contribution >= 0.6 is 11.8 Å². The third-order valence-electron chi connectivity index (χ3n) is 2.55. The van der Waals surface area contributed by atoms with Gasteiger partial charge < -0.3 is 0 Å². The molecule has 1 aromatic heterocycles. The molecule has 0 saturated carbocycles. The molecule has 2 rings (SSSR count). The summed E-state index contributed by atoms with van der Waals surface area (Å²) in [5.74, 6) is 0. The molecule has 18 heavy (non-hydrogen) atoms. The third-order valence-corrected chi connectivity index (χ3v) is 3.40. The van der Waals surface area contributed by atoms with Crippen LogP contribution in [0.2, 0.25) is 0 Å². The van der Waals surface area contributed by atoms with Crippen LogP contribution in [0.5, 0.6) is 0 Å². The smallest absolute Gasteiger partial charge is 0.192 e. The molecule has 0 N–H and O–H groups in total. The Morgan fingerprint density at radius 1 is 1.00 bits per heavy atom. The molecule has 0 amide bonds. The highest BCUT2D eigenvalue weighted by molar-refractivity contribution is 8.08. The molecule has 0 aliphatic rings. The number of hydrogen-bond donors (Lipinski definition) is 0. The zero-order chi connectivity index (χ0) is 13.1. The normalized spacial score (nSPS) is 10.4. The van der Waals surface area contributed by atoms with Gasteiger partial charge in [0.05, 0.1) is 0 Å². The van der Waals surface area contributed by atoms with E-state index in [1.54, 1.807) is 0 Å². The maximum absolute atomic E-state index is 4.41. The Labute approximate surface area is 112 Å². The van der Waals surface area contributed by atoms with Crippen LogP contribution in [0.1, 0.15) is 22.5 Å². The van der Waals surface area contributed by atoms with E-state index in [1.807, 2.05) is 19.9 Å². The van der Waals surface area contributed by atoms with Crippen molar-refractivity contribution in [1.82, 2.24) is 9.97 Å². The Hall–Kier alpha value is -1.61. The summed E-state index contributed by atoms with van der Waals surface area (Å²) in [6.07, 6.45) is 0. The predicted octanol–water partition coefficient (Wildman–Crippen LogP) is 4.16. The largest absolute Gasteiger partial charge is 0.228 e. The highest BCUT2D eigenvalue weighted by Crippen LogP contribution is 2.30. The molecule has 0 fully saturated rings. The van der Waals surface area contributed by atoms with Crippen LogP contribution < -0.4 is 0 Å². The molecule has 1 aromatic carbocycles. The summed E-state index contributed by atoms with van der Waals surface area (Å²) in [4.78, 5) is 9.79. The SMILES string of the molecule is C=C(Sc1nc(C)cc(C)n1)c1ccc(C)cc1. The molecular weight excluding hydrogens is 240 g/mol. The van der Waals surface area contributed by atoms with E-state index >= 15 is 0 Å².